The highest BCUT2D eigenvalue weighted by molar-refractivity contribution is 9.10. The molecule has 0 atom stereocenters. The van der Waals surface area contributed by atoms with Crippen LogP contribution in [0.5, 0.6) is 0 Å². The summed E-state index contributed by atoms with van der Waals surface area (Å²) in [5, 5.41) is 8.80. The number of nitrogens with two attached hydrogens (primary N) is 2. The Morgan fingerprint density at radius 3 is 2.22 bits per heavy atom. The molecule has 1 aromatic rings. The number of amides is 2. The Labute approximate surface area is 112 Å². The maximum absolute atomic E-state index is 10.9. The van der Waals surface area contributed by atoms with Crippen LogP contribution in [0.1, 0.15) is 5.56 Å². The highest BCUT2D eigenvalue weighted by atomic mass is 79.9. The Hall–Kier alpha value is -2.07. The summed E-state index contributed by atoms with van der Waals surface area (Å²) in [5.41, 5.74) is 11.2. The quantitative estimate of drug-likeness (QED) is 0.802. The number of benzene rings is 1. The molecule has 0 aliphatic rings. The van der Waals surface area contributed by atoms with Crippen molar-refractivity contribution >= 4 is 33.4 Å². The van der Waals surface area contributed by atoms with Gasteiger partial charge in [-0.2, -0.15) is 5.26 Å². The average Bonchev–Trinajstić information content (AvgIpc) is 2.26. The lowest BCUT2D eigenvalue weighted by Gasteiger charge is -2.21. The molecular formula is C11H11BrN4O2. The predicted molar refractivity (Wildman–Crippen MR) is 69.5 cm³/mol. The van der Waals surface area contributed by atoms with E-state index in [1.807, 2.05) is 6.07 Å². The van der Waals surface area contributed by atoms with Gasteiger partial charge in [0.05, 0.1) is 18.7 Å². The second-order valence-electron chi connectivity index (χ2n) is 3.56. The first-order valence-corrected chi connectivity index (χ1v) is 5.74. The molecule has 0 aliphatic heterocycles. The summed E-state index contributed by atoms with van der Waals surface area (Å²) in [6.45, 7) is -0.247. The number of carbonyl (C=O) groups is 2. The highest BCUT2D eigenvalue weighted by Gasteiger charge is 2.13. The van der Waals surface area contributed by atoms with Crippen molar-refractivity contribution in [2.45, 2.75) is 0 Å². The normalized spacial score (nSPS) is 9.56. The second kappa shape index (κ2) is 6.02. The summed E-state index contributed by atoms with van der Waals surface area (Å²) < 4.78 is 0.571. The third-order valence-corrected chi connectivity index (χ3v) is 2.79. The Kier molecular flexibility index (Phi) is 4.68. The molecule has 0 saturated heterocycles. The van der Waals surface area contributed by atoms with Gasteiger partial charge in [-0.05, 0) is 34.1 Å². The molecule has 1 aromatic carbocycles. The minimum Gasteiger partial charge on any atom is -0.368 e. The Morgan fingerprint density at radius 1 is 1.28 bits per heavy atom. The number of nitrogens with zero attached hydrogens (tertiary/aromatic N) is 2. The van der Waals surface area contributed by atoms with Gasteiger partial charge in [0.2, 0.25) is 11.8 Å². The molecule has 6 nitrogen and oxygen atoms in total. The van der Waals surface area contributed by atoms with E-state index in [2.05, 4.69) is 15.9 Å². The predicted octanol–water partition coefficient (Wildman–Crippen LogP) is 0.0978. The van der Waals surface area contributed by atoms with Crippen LogP contribution in [0.25, 0.3) is 0 Å². The minimum absolute atomic E-state index is 0.124. The number of anilines is 1. The van der Waals surface area contributed by atoms with Crippen LogP contribution >= 0.6 is 15.9 Å². The largest absolute Gasteiger partial charge is 0.368 e. The fraction of sp³-hybridized carbons (Fsp3) is 0.182. The molecule has 7 heteroatoms. The molecule has 4 N–H and O–H groups in total. The van der Waals surface area contributed by atoms with Crippen molar-refractivity contribution in [3.05, 3.63) is 28.2 Å². The molecule has 0 fully saturated rings. The molecule has 0 aromatic heterocycles. The molecule has 0 spiro atoms. The maximum Gasteiger partial charge on any atom is 0.236 e. The van der Waals surface area contributed by atoms with Crippen molar-refractivity contribution in [1.29, 1.82) is 5.26 Å². The van der Waals surface area contributed by atoms with E-state index in [4.69, 9.17) is 16.7 Å². The molecule has 0 bridgehead atoms. The average molecular weight is 311 g/mol. The SMILES string of the molecule is N#Cc1ccc(N(CC(N)=O)CC(N)=O)cc1Br. The molecule has 0 aliphatic carbocycles. The van der Waals surface area contributed by atoms with Crippen molar-refractivity contribution in [1.82, 2.24) is 0 Å². The zero-order valence-electron chi connectivity index (χ0n) is 9.39. The Morgan fingerprint density at radius 2 is 1.83 bits per heavy atom. The molecule has 2 amide bonds. The minimum atomic E-state index is -0.572. The van der Waals surface area contributed by atoms with E-state index in [1.54, 1.807) is 18.2 Å². The smallest absolute Gasteiger partial charge is 0.236 e. The lowest BCUT2D eigenvalue weighted by atomic mass is 10.2. The topological polar surface area (TPSA) is 113 Å². The van der Waals surface area contributed by atoms with Gasteiger partial charge in [-0.3, -0.25) is 9.59 Å². The number of nitriles is 1. The molecule has 0 radical (unpaired) electrons. The molecule has 94 valence electrons. The third kappa shape index (κ3) is 3.75. The molecule has 0 unspecified atom stereocenters. The van der Waals surface area contributed by atoms with Crippen molar-refractivity contribution in [3.8, 4) is 6.07 Å². The second-order valence-corrected chi connectivity index (χ2v) is 4.42. The van der Waals surface area contributed by atoms with Crippen molar-refractivity contribution in [2.75, 3.05) is 18.0 Å². The van der Waals surface area contributed by atoms with Crippen molar-refractivity contribution in [3.63, 3.8) is 0 Å². The molecule has 0 saturated carbocycles. The van der Waals surface area contributed by atoms with Gasteiger partial charge in [0, 0.05) is 10.2 Å². The lowest BCUT2D eigenvalue weighted by molar-refractivity contribution is -0.117. The number of hydrogen-bond acceptors (Lipinski definition) is 4. The summed E-state index contributed by atoms with van der Waals surface area (Å²) in [4.78, 5) is 23.3. The summed E-state index contributed by atoms with van der Waals surface area (Å²) in [5.74, 6) is -1.14. The van der Waals surface area contributed by atoms with Crippen LogP contribution in [0.4, 0.5) is 5.69 Å². The molecule has 18 heavy (non-hydrogen) atoms. The Balaban J connectivity index is 3.05. The molecular weight excluding hydrogens is 300 g/mol. The zero-order chi connectivity index (χ0) is 13.7. The van der Waals surface area contributed by atoms with E-state index in [1.165, 1.54) is 4.90 Å². The monoisotopic (exact) mass is 310 g/mol. The molecule has 0 heterocycles. The van der Waals surface area contributed by atoms with Crippen LogP contribution in [-0.2, 0) is 9.59 Å². The fourth-order valence-electron chi connectivity index (χ4n) is 1.41. The number of primary amides is 2. The van der Waals surface area contributed by atoms with E-state index in [9.17, 15) is 9.59 Å². The van der Waals surface area contributed by atoms with Crippen LogP contribution in [0, 0.1) is 11.3 Å². The van der Waals surface area contributed by atoms with Gasteiger partial charge in [-0.1, -0.05) is 0 Å². The molecule has 1 rings (SSSR count). The van der Waals surface area contributed by atoms with Gasteiger partial charge in [0.25, 0.3) is 0 Å². The van der Waals surface area contributed by atoms with E-state index in [0.717, 1.165) is 0 Å². The summed E-state index contributed by atoms with van der Waals surface area (Å²) in [7, 11) is 0. The first-order chi connectivity index (χ1) is 8.43. The summed E-state index contributed by atoms with van der Waals surface area (Å²) in [6.07, 6.45) is 0. The summed E-state index contributed by atoms with van der Waals surface area (Å²) >= 11 is 3.23. The van der Waals surface area contributed by atoms with Crippen LogP contribution in [-0.4, -0.2) is 24.9 Å². The van der Waals surface area contributed by atoms with Crippen molar-refractivity contribution in [2.24, 2.45) is 11.5 Å². The van der Waals surface area contributed by atoms with Crippen LogP contribution in [0.2, 0.25) is 0 Å². The van der Waals surface area contributed by atoms with E-state index in [-0.39, 0.29) is 13.1 Å². The van der Waals surface area contributed by atoms with Gasteiger partial charge >= 0.3 is 0 Å². The van der Waals surface area contributed by atoms with Crippen LogP contribution < -0.4 is 16.4 Å². The van der Waals surface area contributed by atoms with E-state index < -0.39 is 11.8 Å². The fourth-order valence-corrected chi connectivity index (χ4v) is 1.86. The standard InChI is InChI=1S/C11H11BrN4O2/c12-9-3-8(2-1-7(9)4-13)16(5-10(14)17)6-11(15)18/h1-3H,5-6H2,(H2,14,17)(H2,15,18). The number of carbonyl (C=O) groups excluding carboxylic acids is 2. The highest BCUT2D eigenvalue weighted by Crippen LogP contribution is 2.23. The third-order valence-electron chi connectivity index (χ3n) is 2.13. The van der Waals surface area contributed by atoms with E-state index in [0.29, 0.717) is 15.7 Å². The van der Waals surface area contributed by atoms with Gasteiger partial charge < -0.3 is 16.4 Å². The van der Waals surface area contributed by atoms with Crippen molar-refractivity contribution < 1.29 is 9.59 Å². The van der Waals surface area contributed by atoms with E-state index >= 15 is 0 Å². The first-order valence-electron chi connectivity index (χ1n) is 4.95. The number of rotatable bonds is 5. The van der Waals surface area contributed by atoms with Crippen LogP contribution in [0.15, 0.2) is 22.7 Å². The first kappa shape index (κ1) is 14.0. The summed E-state index contributed by atoms with van der Waals surface area (Å²) in [6, 6.07) is 6.82. The zero-order valence-corrected chi connectivity index (χ0v) is 11.0. The lowest BCUT2D eigenvalue weighted by Crippen LogP contribution is -2.39. The van der Waals surface area contributed by atoms with Gasteiger partial charge in [0.1, 0.15) is 6.07 Å². The van der Waals surface area contributed by atoms with Gasteiger partial charge in [-0.25, -0.2) is 0 Å². The number of halogens is 1. The number of hydrogen-bond donors (Lipinski definition) is 2. The van der Waals surface area contributed by atoms with Gasteiger partial charge in [0.15, 0.2) is 0 Å². The Bertz CT molecular complexity index is 508. The maximum atomic E-state index is 10.9. The van der Waals surface area contributed by atoms with Gasteiger partial charge in [-0.15, -0.1) is 0 Å². The van der Waals surface area contributed by atoms with Crippen LogP contribution in [0.3, 0.4) is 0 Å².